The summed E-state index contributed by atoms with van der Waals surface area (Å²) in [5, 5.41) is 25.1. The van der Waals surface area contributed by atoms with Gasteiger partial charge in [0.2, 0.25) is 0 Å². The summed E-state index contributed by atoms with van der Waals surface area (Å²) in [5.74, 6) is 0.628. The molecular formula is C22H27ClN2O4. The van der Waals surface area contributed by atoms with E-state index in [0.717, 1.165) is 17.7 Å². The number of aliphatic hydroxyl groups excluding tert-OH is 1. The number of hydrogen-bond acceptors (Lipinski definition) is 5. The van der Waals surface area contributed by atoms with Crippen LogP contribution in [0.1, 0.15) is 22.3 Å². The van der Waals surface area contributed by atoms with Gasteiger partial charge in [-0.05, 0) is 61.3 Å². The summed E-state index contributed by atoms with van der Waals surface area (Å²) in [6.07, 6.45) is 0.200. The highest BCUT2D eigenvalue weighted by molar-refractivity contribution is 6.30. The van der Waals surface area contributed by atoms with Crippen molar-refractivity contribution in [3.63, 3.8) is 0 Å². The van der Waals surface area contributed by atoms with Gasteiger partial charge in [0.15, 0.2) is 0 Å². The third kappa shape index (κ3) is 5.48. The number of methoxy groups -OCH3 is 1. The van der Waals surface area contributed by atoms with Gasteiger partial charge in [0.05, 0.1) is 19.8 Å². The van der Waals surface area contributed by atoms with E-state index in [1.54, 1.807) is 36.3 Å². The largest absolute Gasteiger partial charge is 0.497 e. The van der Waals surface area contributed by atoms with Gasteiger partial charge < -0.3 is 25.2 Å². The standard InChI is InChI=1S/C22H27ClN2O4/c1-29-19-4-2-3-16(13-19)9-11-24-14-22(28)15-25(12-10-20(22)26)21(27)17-5-7-18(23)8-6-17/h2-8,13,20,24,26,28H,9-12,14-15H2,1H3/t20-,22+/m0/s1. The minimum Gasteiger partial charge on any atom is -0.497 e. The highest BCUT2D eigenvalue weighted by Crippen LogP contribution is 2.23. The first-order chi connectivity index (χ1) is 13.9. The second kappa shape index (κ2) is 9.59. The molecule has 29 heavy (non-hydrogen) atoms. The van der Waals surface area contributed by atoms with Crippen LogP contribution in [0.5, 0.6) is 5.75 Å². The molecule has 1 saturated heterocycles. The van der Waals surface area contributed by atoms with E-state index in [1.165, 1.54) is 0 Å². The van der Waals surface area contributed by atoms with Crippen molar-refractivity contribution in [3.8, 4) is 5.75 Å². The Bertz CT molecular complexity index is 830. The Kier molecular flexibility index (Phi) is 7.14. The number of halogens is 1. The fraction of sp³-hybridized carbons (Fsp3) is 0.409. The molecule has 1 amide bonds. The van der Waals surface area contributed by atoms with Crippen molar-refractivity contribution in [1.82, 2.24) is 10.2 Å². The molecule has 2 aromatic carbocycles. The topological polar surface area (TPSA) is 82.0 Å². The summed E-state index contributed by atoms with van der Waals surface area (Å²) < 4.78 is 5.23. The van der Waals surface area contributed by atoms with Crippen molar-refractivity contribution < 1.29 is 19.7 Å². The molecule has 2 aromatic rings. The first kappa shape index (κ1) is 21.6. The maximum absolute atomic E-state index is 12.7. The highest BCUT2D eigenvalue weighted by atomic mass is 35.5. The molecule has 1 aliphatic heterocycles. The number of aliphatic hydroxyl groups is 2. The number of nitrogens with one attached hydrogen (secondary N) is 1. The third-order valence-corrected chi connectivity index (χ3v) is 5.54. The van der Waals surface area contributed by atoms with E-state index in [4.69, 9.17) is 16.3 Å². The number of amides is 1. The molecule has 6 nitrogen and oxygen atoms in total. The van der Waals surface area contributed by atoms with E-state index in [-0.39, 0.29) is 19.0 Å². The second-order valence-electron chi connectivity index (χ2n) is 7.42. The number of rotatable bonds is 7. The van der Waals surface area contributed by atoms with Crippen LogP contribution in [0.3, 0.4) is 0 Å². The molecule has 0 aromatic heterocycles. The maximum Gasteiger partial charge on any atom is 0.253 e. The minimum absolute atomic E-state index is 0.0712. The van der Waals surface area contributed by atoms with E-state index in [2.05, 4.69) is 5.32 Å². The lowest BCUT2D eigenvalue weighted by atomic mass is 9.89. The van der Waals surface area contributed by atoms with Crippen molar-refractivity contribution in [2.45, 2.75) is 24.5 Å². The third-order valence-electron chi connectivity index (χ3n) is 5.29. The molecule has 7 heteroatoms. The fourth-order valence-electron chi connectivity index (χ4n) is 3.55. The Morgan fingerprint density at radius 3 is 2.79 bits per heavy atom. The Balaban J connectivity index is 1.55. The Morgan fingerprint density at radius 1 is 1.31 bits per heavy atom. The Labute approximate surface area is 176 Å². The van der Waals surface area contributed by atoms with Crippen LogP contribution < -0.4 is 10.1 Å². The summed E-state index contributed by atoms with van der Waals surface area (Å²) in [7, 11) is 1.63. The Hall–Kier alpha value is -2.12. The van der Waals surface area contributed by atoms with Crippen molar-refractivity contribution in [2.75, 3.05) is 33.3 Å². The van der Waals surface area contributed by atoms with Gasteiger partial charge >= 0.3 is 0 Å². The van der Waals surface area contributed by atoms with E-state index in [0.29, 0.717) is 30.1 Å². The summed E-state index contributed by atoms with van der Waals surface area (Å²) in [5.41, 5.74) is 0.237. The predicted octanol–water partition coefficient (Wildman–Crippen LogP) is 2.12. The average Bonchev–Trinajstić information content (AvgIpc) is 2.73. The smallest absolute Gasteiger partial charge is 0.253 e. The van der Waals surface area contributed by atoms with Crippen LogP contribution in [0, 0.1) is 0 Å². The lowest BCUT2D eigenvalue weighted by molar-refractivity contribution is -0.111. The number of nitrogens with zero attached hydrogens (tertiary/aromatic N) is 1. The molecule has 156 valence electrons. The van der Waals surface area contributed by atoms with Crippen LogP contribution >= 0.6 is 11.6 Å². The van der Waals surface area contributed by atoms with Gasteiger partial charge in [-0.3, -0.25) is 4.79 Å². The molecule has 0 bridgehead atoms. The van der Waals surface area contributed by atoms with Gasteiger partial charge in [-0.1, -0.05) is 23.7 Å². The van der Waals surface area contributed by atoms with Crippen molar-refractivity contribution in [3.05, 3.63) is 64.7 Å². The molecular weight excluding hydrogens is 392 g/mol. The summed E-state index contributed by atoms with van der Waals surface area (Å²) >= 11 is 5.89. The number of hydrogen-bond donors (Lipinski definition) is 3. The molecule has 1 fully saturated rings. The molecule has 0 aliphatic carbocycles. The van der Waals surface area contributed by atoms with Gasteiger partial charge in [0.1, 0.15) is 11.4 Å². The van der Waals surface area contributed by atoms with Gasteiger partial charge in [0.25, 0.3) is 5.91 Å². The van der Waals surface area contributed by atoms with Crippen LogP contribution in [0.15, 0.2) is 48.5 Å². The molecule has 2 atom stereocenters. The minimum atomic E-state index is -1.39. The first-order valence-corrected chi connectivity index (χ1v) is 10.1. The van der Waals surface area contributed by atoms with Crippen molar-refractivity contribution >= 4 is 17.5 Å². The van der Waals surface area contributed by atoms with Crippen LogP contribution in [0.25, 0.3) is 0 Å². The number of β-amino-alcohol motifs (C(OH)–C–C–N with tert-alkyl or cyclic N) is 1. The van der Waals surface area contributed by atoms with E-state index in [9.17, 15) is 15.0 Å². The SMILES string of the molecule is COc1cccc(CCNC[C@@]2(O)CN(C(=O)c3ccc(Cl)cc3)CC[C@@H]2O)c1. The zero-order chi connectivity index (χ0) is 20.9. The van der Waals surface area contributed by atoms with Crippen LogP contribution in [0.4, 0.5) is 0 Å². The van der Waals surface area contributed by atoms with Gasteiger partial charge in [-0.25, -0.2) is 0 Å². The number of benzene rings is 2. The zero-order valence-electron chi connectivity index (χ0n) is 16.5. The number of ether oxygens (including phenoxy) is 1. The second-order valence-corrected chi connectivity index (χ2v) is 7.86. The van der Waals surface area contributed by atoms with Crippen LogP contribution in [0.2, 0.25) is 5.02 Å². The molecule has 3 rings (SSSR count). The Morgan fingerprint density at radius 2 is 2.07 bits per heavy atom. The molecule has 0 saturated carbocycles. The summed E-state index contributed by atoms with van der Waals surface area (Å²) in [6.45, 7) is 1.30. The maximum atomic E-state index is 12.7. The normalized spacial score (nSPS) is 21.8. The van der Waals surface area contributed by atoms with Gasteiger partial charge in [-0.2, -0.15) is 0 Å². The lowest BCUT2D eigenvalue weighted by Gasteiger charge is -2.42. The molecule has 1 aliphatic rings. The molecule has 0 unspecified atom stereocenters. The lowest BCUT2D eigenvalue weighted by Crippen LogP contribution is -2.62. The average molecular weight is 419 g/mol. The number of carbonyl (C=O) groups is 1. The fourth-order valence-corrected chi connectivity index (χ4v) is 3.68. The predicted molar refractivity (Wildman–Crippen MR) is 112 cm³/mol. The van der Waals surface area contributed by atoms with Crippen LogP contribution in [-0.4, -0.2) is 66.0 Å². The first-order valence-electron chi connectivity index (χ1n) is 9.70. The van der Waals surface area contributed by atoms with Crippen molar-refractivity contribution in [1.29, 1.82) is 0 Å². The molecule has 0 radical (unpaired) electrons. The van der Waals surface area contributed by atoms with Gasteiger partial charge in [0, 0.05) is 23.7 Å². The number of likely N-dealkylation sites (tertiary alicyclic amines) is 1. The van der Waals surface area contributed by atoms with E-state index in [1.807, 2.05) is 24.3 Å². The summed E-state index contributed by atoms with van der Waals surface area (Å²) in [6, 6.07) is 14.5. The number of piperidine rings is 1. The summed E-state index contributed by atoms with van der Waals surface area (Å²) in [4.78, 5) is 14.3. The zero-order valence-corrected chi connectivity index (χ0v) is 17.2. The quantitative estimate of drug-likeness (QED) is 0.600. The molecule has 3 N–H and O–H groups in total. The number of carbonyl (C=O) groups excluding carboxylic acids is 1. The van der Waals surface area contributed by atoms with Gasteiger partial charge in [-0.15, -0.1) is 0 Å². The van der Waals surface area contributed by atoms with Crippen molar-refractivity contribution in [2.24, 2.45) is 0 Å². The van der Waals surface area contributed by atoms with E-state index >= 15 is 0 Å². The van der Waals surface area contributed by atoms with Crippen LogP contribution in [-0.2, 0) is 6.42 Å². The van der Waals surface area contributed by atoms with E-state index < -0.39 is 11.7 Å². The highest BCUT2D eigenvalue weighted by Gasteiger charge is 2.42. The molecule has 0 spiro atoms. The molecule has 1 heterocycles. The monoisotopic (exact) mass is 418 g/mol.